The Bertz CT molecular complexity index is 1470. The van der Waals surface area contributed by atoms with E-state index in [4.69, 9.17) is 14.7 Å². The lowest BCUT2D eigenvalue weighted by Gasteiger charge is -2.22. The molecule has 0 amide bonds. The molecule has 5 aromatic rings. The summed E-state index contributed by atoms with van der Waals surface area (Å²) in [5.41, 5.74) is 2.88. The van der Waals surface area contributed by atoms with Crippen molar-refractivity contribution in [1.29, 1.82) is 0 Å². The zero-order valence-electron chi connectivity index (χ0n) is 19.2. The van der Waals surface area contributed by atoms with Gasteiger partial charge >= 0.3 is 0 Å². The third kappa shape index (κ3) is 3.85. The molecule has 1 aliphatic rings. The summed E-state index contributed by atoms with van der Waals surface area (Å²) in [6, 6.07) is 23.2. The molecule has 0 bridgehead atoms. The molecule has 0 saturated heterocycles. The molecule has 0 atom stereocenters. The van der Waals surface area contributed by atoms with Crippen molar-refractivity contribution in [2.24, 2.45) is 0 Å². The van der Waals surface area contributed by atoms with Gasteiger partial charge in [0.15, 0.2) is 0 Å². The molecule has 2 heterocycles. The minimum absolute atomic E-state index is 0.438. The van der Waals surface area contributed by atoms with Crippen LogP contribution in [0.4, 0.5) is 5.95 Å². The smallest absolute Gasteiger partial charge is 0.224 e. The Labute approximate surface area is 198 Å². The number of fused-ring (bicyclic) bond motifs is 2. The predicted octanol–water partition coefficient (Wildman–Crippen LogP) is 6.39. The zero-order chi connectivity index (χ0) is 22.9. The van der Waals surface area contributed by atoms with Crippen LogP contribution in [0.15, 0.2) is 72.9 Å². The lowest BCUT2D eigenvalue weighted by molar-refractivity contribution is 0.415. The van der Waals surface area contributed by atoms with Gasteiger partial charge < -0.3 is 10.1 Å². The van der Waals surface area contributed by atoms with Crippen LogP contribution >= 0.6 is 0 Å². The van der Waals surface area contributed by atoms with Crippen LogP contribution in [-0.4, -0.2) is 32.7 Å². The molecule has 6 heteroatoms. The molecule has 1 N–H and O–H groups in total. The molecule has 170 valence electrons. The number of imidazole rings is 1. The van der Waals surface area contributed by atoms with Gasteiger partial charge in [-0.3, -0.25) is 4.57 Å². The molecule has 34 heavy (non-hydrogen) atoms. The molecule has 0 unspecified atom stereocenters. The van der Waals surface area contributed by atoms with Crippen molar-refractivity contribution in [3.8, 4) is 23.0 Å². The van der Waals surface area contributed by atoms with E-state index in [0.717, 1.165) is 34.0 Å². The topological polar surface area (TPSA) is 64.9 Å². The highest BCUT2D eigenvalue weighted by Crippen LogP contribution is 2.32. The molecule has 6 nitrogen and oxygen atoms in total. The fraction of sp³-hybridized carbons (Fsp3) is 0.250. The lowest BCUT2D eigenvalue weighted by atomic mass is 9.96. The van der Waals surface area contributed by atoms with Crippen molar-refractivity contribution in [3.05, 3.63) is 72.9 Å². The first-order valence-corrected chi connectivity index (χ1v) is 11.9. The van der Waals surface area contributed by atoms with Gasteiger partial charge in [0.05, 0.1) is 18.1 Å². The average molecular weight is 450 g/mol. The van der Waals surface area contributed by atoms with E-state index in [-0.39, 0.29) is 0 Å². The molecule has 6 rings (SSSR count). The number of nitrogens with one attached hydrogen (secondary N) is 1. The second-order valence-electron chi connectivity index (χ2n) is 8.91. The number of anilines is 1. The van der Waals surface area contributed by atoms with Crippen LogP contribution in [0.3, 0.4) is 0 Å². The SMILES string of the molecule is COc1ccc2c(c1)nc(-c1ccc3ccccc3c1)n2-c1ccnc(NC2CCCCC2)n1. The number of hydrogen-bond donors (Lipinski definition) is 1. The van der Waals surface area contributed by atoms with Gasteiger partial charge in [0.2, 0.25) is 5.95 Å². The Morgan fingerprint density at radius 3 is 2.59 bits per heavy atom. The Balaban J connectivity index is 1.49. The fourth-order valence-corrected chi connectivity index (χ4v) is 4.91. The predicted molar refractivity (Wildman–Crippen MR) is 137 cm³/mol. The first-order chi connectivity index (χ1) is 16.8. The maximum atomic E-state index is 5.46. The Kier molecular flexibility index (Phi) is 5.34. The summed E-state index contributed by atoms with van der Waals surface area (Å²) in [7, 11) is 1.68. The van der Waals surface area contributed by atoms with Crippen LogP contribution in [0.2, 0.25) is 0 Å². The summed E-state index contributed by atoms with van der Waals surface area (Å²) >= 11 is 0. The largest absolute Gasteiger partial charge is 0.497 e. The standard InChI is InChI=1S/C28H27N5O/c1-34-23-13-14-25-24(18-23)31-27(21-12-11-19-7-5-6-8-20(19)17-21)33(25)26-15-16-29-28(32-26)30-22-9-3-2-4-10-22/h5-8,11-18,22H,2-4,9-10H2,1H3,(H,29,30,32). The highest BCUT2D eigenvalue weighted by Gasteiger charge is 2.18. The van der Waals surface area contributed by atoms with Crippen LogP contribution in [0.5, 0.6) is 5.75 Å². The molecule has 1 fully saturated rings. The van der Waals surface area contributed by atoms with E-state index in [0.29, 0.717) is 12.0 Å². The molecular formula is C28H27N5O. The van der Waals surface area contributed by atoms with Crippen molar-refractivity contribution >= 4 is 27.8 Å². The molecule has 3 aromatic carbocycles. The Hall–Kier alpha value is -3.93. The summed E-state index contributed by atoms with van der Waals surface area (Å²) in [4.78, 5) is 14.5. The molecule has 1 saturated carbocycles. The van der Waals surface area contributed by atoms with Gasteiger partial charge in [-0.05, 0) is 47.9 Å². The number of aromatic nitrogens is 4. The van der Waals surface area contributed by atoms with E-state index >= 15 is 0 Å². The molecule has 0 spiro atoms. The number of benzene rings is 3. The van der Waals surface area contributed by atoms with E-state index < -0.39 is 0 Å². The third-order valence-corrected chi connectivity index (χ3v) is 6.68. The van der Waals surface area contributed by atoms with Crippen LogP contribution in [-0.2, 0) is 0 Å². The monoisotopic (exact) mass is 449 g/mol. The van der Waals surface area contributed by atoms with E-state index in [9.17, 15) is 0 Å². The number of nitrogens with zero attached hydrogens (tertiary/aromatic N) is 4. The Morgan fingerprint density at radius 2 is 1.74 bits per heavy atom. The van der Waals surface area contributed by atoms with Gasteiger partial charge in [-0.25, -0.2) is 9.97 Å². The Morgan fingerprint density at radius 1 is 0.882 bits per heavy atom. The lowest BCUT2D eigenvalue weighted by Crippen LogP contribution is -2.23. The minimum atomic E-state index is 0.438. The first-order valence-electron chi connectivity index (χ1n) is 11.9. The number of methoxy groups -OCH3 is 1. The second-order valence-corrected chi connectivity index (χ2v) is 8.91. The molecule has 0 radical (unpaired) electrons. The van der Waals surface area contributed by atoms with E-state index in [1.165, 1.54) is 42.9 Å². The molecule has 2 aromatic heterocycles. The number of rotatable bonds is 5. The van der Waals surface area contributed by atoms with Crippen LogP contribution in [0, 0.1) is 0 Å². The van der Waals surface area contributed by atoms with Gasteiger partial charge in [0, 0.05) is 23.9 Å². The van der Waals surface area contributed by atoms with E-state index in [1.807, 2.05) is 30.5 Å². The van der Waals surface area contributed by atoms with E-state index in [1.54, 1.807) is 7.11 Å². The van der Waals surface area contributed by atoms with Crippen molar-refractivity contribution in [3.63, 3.8) is 0 Å². The molecular weight excluding hydrogens is 422 g/mol. The van der Waals surface area contributed by atoms with Crippen molar-refractivity contribution in [1.82, 2.24) is 19.5 Å². The highest BCUT2D eigenvalue weighted by atomic mass is 16.5. The number of ether oxygens (including phenoxy) is 1. The van der Waals surface area contributed by atoms with Crippen LogP contribution in [0.25, 0.3) is 39.0 Å². The molecule has 1 aliphatic carbocycles. The normalized spacial score (nSPS) is 14.5. The summed E-state index contributed by atoms with van der Waals surface area (Å²) in [6.07, 6.45) is 8.01. The van der Waals surface area contributed by atoms with Crippen molar-refractivity contribution in [2.75, 3.05) is 12.4 Å². The zero-order valence-corrected chi connectivity index (χ0v) is 19.2. The summed E-state index contributed by atoms with van der Waals surface area (Å²) in [5.74, 6) is 3.09. The van der Waals surface area contributed by atoms with Gasteiger partial charge in [0.25, 0.3) is 0 Å². The number of hydrogen-bond acceptors (Lipinski definition) is 5. The average Bonchev–Trinajstić information content (AvgIpc) is 3.28. The molecule has 0 aliphatic heterocycles. The fourth-order valence-electron chi connectivity index (χ4n) is 4.91. The van der Waals surface area contributed by atoms with Gasteiger partial charge in [-0.1, -0.05) is 55.7 Å². The summed E-state index contributed by atoms with van der Waals surface area (Å²) < 4.78 is 7.58. The van der Waals surface area contributed by atoms with E-state index in [2.05, 4.69) is 57.3 Å². The van der Waals surface area contributed by atoms with Gasteiger partial charge in [-0.15, -0.1) is 0 Å². The third-order valence-electron chi connectivity index (χ3n) is 6.68. The summed E-state index contributed by atoms with van der Waals surface area (Å²) in [6.45, 7) is 0. The van der Waals surface area contributed by atoms with Gasteiger partial charge in [0.1, 0.15) is 17.4 Å². The second kappa shape index (κ2) is 8.78. The minimum Gasteiger partial charge on any atom is -0.497 e. The van der Waals surface area contributed by atoms with Crippen LogP contribution < -0.4 is 10.1 Å². The van der Waals surface area contributed by atoms with Crippen LogP contribution in [0.1, 0.15) is 32.1 Å². The summed E-state index contributed by atoms with van der Waals surface area (Å²) in [5, 5.41) is 5.94. The maximum Gasteiger partial charge on any atom is 0.224 e. The maximum absolute atomic E-state index is 5.46. The first kappa shape index (κ1) is 20.7. The van der Waals surface area contributed by atoms with Crippen molar-refractivity contribution in [2.45, 2.75) is 38.1 Å². The highest BCUT2D eigenvalue weighted by molar-refractivity contribution is 5.89. The van der Waals surface area contributed by atoms with Crippen molar-refractivity contribution < 1.29 is 4.74 Å². The van der Waals surface area contributed by atoms with Gasteiger partial charge in [-0.2, -0.15) is 4.98 Å². The quantitative estimate of drug-likeness (QED) is 0.337.